The van der Waals surface area contributed by atoms with Crippen LogP contribution in [0.15, 0.2) is 0 Å². The molecule has 1 aromatic heterocycles. The fourth-order valence-electron chi connectivity index (χ4n) is 1.08. The molecular weight excluding hydrogens is 166 g/mol. The standard InChI is InChI=1S/C9H11N3O/c1-6-8(4-5-9(10)13)7(2)12(3)11-6/h1-3H3,(H2,10,13). The van der Waals surface area contributed by atoms with Gasteiger partial charge in [-0.05, 0) is 13.8 Å². The number of carbonyl (C=O) groups is 1. The van der Waals surface area contributed by atoms with E-state index < -0.39 is 5.91 Å². The van der Waals surface area contributed by atoms with E-state index in [0.29, 0.717) is 0 Å². The molecule has 0 aliphatic carbocycles. The van der Waals surface area contributed by atoms with Crippen LogP contribution >= 0.6 is 0 Å². The first kappa shape index (κ1) is 9.33. The van der Waals surface area contributed by atoms with Gasteiger partial charge in [-0.25, -0.2) is 0 Å². The van der Waals surface area contributed by atoms with Gasteiger partial charge in [0.2, 0.25) is 0 Å². The minimum absolute atomic E-state index is 0.623. The Hall–Kier alpha value is -1.76. The van der Waals surface area contributed by atoms with Gasteiger partial charge in [0.05, 0.1) is 17.0 Å². The zero-order valence-corrected chi connectivity index (χ0v) is 7.88. The van der Waals surface area contributed by atoms with Crippen LogP contribution in [0, 0.1) is 25.7 Å². The van der Waals surface area contributed by atoms with Crippen LogP contribution in [0.1, 0.15) is 17.0 Å². The van der Waals surface area contributed by atoms with Crippen molar-refractivity contribution in [3.63, 3.8) is 0 Å². The topological polar surface area (TPSA) is 60.9 Å². The summed E-state index contributed by atoms with van der Waals surface area (Å²) in [6.07, 6.45) is 0. The lowest BCUT2D eigenvalue weighted by molar-refractivity contribution is -0.112. The molecule has 0 unspecified atom stereocenters. The minimum Gasteiger partial charge on any atom is -0.359 e. The molecule has 1 aromatic rings. The van der Waals surface area contributed by atoms with Crippen molar-refractivity contribution in [1.82, 2.24) is 9.78 Å². The number of hydrogen-bond acceptors (Lipinski definition) is 2. The summed E-state index contributed by atoms with van der Waals surface area (Å²) in [7, 11) is 1.83. The van der Waals surface area contributed by atoms with Gasteiger partial charge in [0, 0.05) is 13.0 Å². The summed E-state index contributed by atoms with van der Waals surface area (Å²) in [4.78, 5) is 10.4. The first-order chi connectivity index (χ1) is 6.02. The van der Waals surface area contributed by atoms with Gasteiger partial charge in [-0.1, -0.05) is 5.92 Å². The predicted molar refractivity (Wildman–Crippen MR) is 48.8 cm³/mol. The molecule has 68 valence electrons. The van der Waals surface area contributed by atoms with E-state index in [-0.39, 0.29) is 0 Å². The van der Waals surface area contributed by atoms with E-state index in [2.05, 4.69) is 16.9 Å². The average molecular weight is 177 g/mol. The molecule has 0 spiro atoms. The van der Waals surface area contributed by atoms with Crippen molar-refractivity contribution in [3.05, 3.63) is 17.0 Å². The average Bonchev–Trinajstić information content (AvgIpc) is 2.24. The Morgan fingerprint density at radius 2 is 2.15 bits per heavy atom. The predicted octanol–water partition coefficient (Wildman–Crippen LogP) is -0.126. The molecule has 2 N–H and O–H groups in total. The van der Waals surface area contributed by atoms with Crippen molar-refractivity contribution in [2.24, 2.45) is 12.8 Å². The molecule has 1 rings (SSSR count). The Kier molecular flexibility index (Phi) is 2.38. The summed E-state index contributed by atoms with van der Waals surface area (Å²) in [6, 6.07) is 0. The van der Waals surface area contributed by atoms with Crippen molar-refractivity contribution in [2.75, 3.05) is 0 Å². The van der Waals surface area contributed by atoms with Crippen molar-refractivity contribution in [2.45, 2.75) is 13.8 Å². The number of nitrogens with two attached hydrogens (primary N) is 1. The molecule has 13 heavy (non-hydrogen) atoms. The number of primary amides is 1. The first-order valence-corrected chi connectivity index (χ1v) is 3.84. The Morgan fingerprint density at radius 1 is 1.54 bits per heavy atom. The number of carbonyl (C=O) groups excluding carboxylic acids is 1. The number of nitrogens with zero attached hydrogens (tertiary/aromatic N) is 2. The molecule has 0 saturated carbocycles. The molecule has 0 saturated heterocycles. The molecule has 4 heteroatoms. The summed E-state index contributed by atoms with van der Waals surface area (Å²) in [5.41, 5.74) is 7.44. The highest BCUT2D eigenvalue weighted by Gasteiger charge is 2.05. The van der Waals surface area contributed by atoms with Gasteiger partial charge in [-0.2, -0.15) is 5.10 Å². The minimum atomic E-state index is -0.623. The first-order valence-electron chi connectivity index (χ1n) is 3.84. The molecule has 1 heterocycles. The van der Waals surface area contributed by atoms with Gasteiger partial charge in [-0.15, -0.1) is 0 Å². The smallest absolute Gasteiger partial charge is 0.293 e. The van der Waals surface area contributed by atoms with Crippen molar-refractivity contribution in [3.8, 4) is 11.8 Å². The lowest BCUT2D eigenvalue weighted by atomic mass is 10.2. The van der Waals surface area contributed by atoms with Crippen LogP contribution in [-0.2, 0) is 11.8 Å². The zero-order valence-electron chi connectivity index (χ0n) is 7.88. The van der Waals surface area contributed by atoms with Crippen molar-refractivity contribution in [1.29, 1.82) is 0 Å². The summed E-state index contributed by atoms with van der Waals surface area (Å²) in [5, 5.41) is 4.15. The van der Waals surface area contributed by atoms with Crippen LogP contribution < -0.4 is 5.73 Å². The van der Waals surface area contributed by atoms with E-state index in [1.54, 1.807) is 4.68 Å². The monoisotopic (exact) mass is 177 g/mol. The highest BCUT2D eigenvalue weighted by molar-refractivity contribution is 5.92. The highest BCUT2D eigenvalue weighted by Crippen LogP contribution is 2.09. The SMILES string of the molecule is Cc1nn(C)c(C)c1C#CC(N)=O. The molecule has 0 atom stereocenters. The fourth-order valence-corrected chi connectivity index (χ4v) is 1.08. The van der Waals surface area contributed by atoms with Crippen LogP contribution in [0.2, 0.25) is 0 Å². The number of aryl methyl sites for hydroxylation is 2. The molecule has 0 aliphatic rings. The van der Waals surface area contributed by atoms with E-state index in [9.17, 15) is 4.79 Å². The van der Waals surface area contributed by atoms with Crippen molar-refractivity contribution >= 4 is 5.91 Å². The molecular formula is C9H11N3O. The van der Waals surface area contributed by atoms with Gasteiger partial charge in [0.15, 0.2) is 0 Å². The van der Waals surface area contributed by atoms with Crippen LogP contribution in [0.25, 0.3) is 0 Å². The maximum atomic E-state index is 10.4. The van der Waals surface area contributed by atoms with Gasteiger partial charge in [-0.3, -0.25) is 9.48 Å². The lowest BCUT2D eigenvalue weighted by Crippen LogP contribution is -2.06. The molecule has 0 radical (unpaired) electrons. The lowest BCUT2D eigenvalue weighted by Gasteiger charge is -1.90. The second-order valence-electron chi connectivity index (χ2n) is 2.78. The second kappa shape index (κ2) is 3.31. The Labute approximate surface area is 76.7 Å². The maximum Gasteiger partial charge on any atom is 0.293 e. The van der Waals surface area contributed by atoms with E-state index in [1.807, 2.05) is 20.9 Å². The number of rotatable bonds is 0. The third-order valence-corrected chi connectivity index (χ3v) is 1.82. The van der Waals surface area contributed by atoms with Gasteiger partial charge in [0.25, 0.3) is 5.91 Å². The van der Waals surface area contributed by atoms with Crippen LogP contribution in [0.5, 0.6) is 0 Å². The zero-order chi connectivity index (χ0) is 10.0. The number of aromatic nitrogens is 2. The maximum absolute atomic E-state index is 10.4. The normalized spacial score (nSPS) is 9.15. The molecule has 0 fully saturated rings. The molecule has 1 amide bonds. The second-order valence-corrected chi connectivity index (χ2v) is 2.78. The molecule has 0 aromatic carbocycles. The third kappa shape index (κ3) is 1.88. The van der Waals surface area contributed by atoms with E-state index in [0.717, 1.165) is 17.0 Å². The Balaban J connectivity index is 3.17. The fraction of sp³-hybridized carbons (Fsp3) is 0.333. The third-order valence-electron chi connectivity index (χ3n) is 1.82. The quantitative estimate of drug-likeness (QED) is 0.561. The van der Waals surface area contributed by atoms with Gasteiger partial charge >= 0.3 is 0 Å². The number of hydrogen-bond donors (Lipinski definition) is 1. The van der Waals surface area contributed by atoms with Crippen LogP contribution in [-0.4, -0.2) is 15.7 Å². The Bertz CT molecular complexity index is 406. The molecule has 0 aliphatic heterocycles. The summed E-state index contributed by atoms with van der Waals surface area (Å²) < 4.78 is 1.72. The largest absolute Gasteiger partial charge is 0.359 e. The van der Waals surface area contributed by atoms with E-state index >= 15 is 0 Å². The van der Waals surface area contributed by atoms with Gasteiger partial charge in [0.1, 0.15) is 0 Å². The van der Waals surface area contributed by atoms with Crippen molar-refractivity contribution < 1.29 is 4.79 Å². The molecule has 0 bridgehead atoms. The Morgan fingerprint density at radius 3 is 2.54 bits per heavy atom. The van der Waals surface area contributed by atoms with E-state index in [4.69, 9.17) is 5.73 Å². The number of amides is 1. The summed E-state index contributed by atoms with van der Waals surface area (Å²) in [6.45, 7) is 3.74. The molecule has 4 nitrogen and oxygen atoms in total. The van der Waals surface area contributed by atoms with Gasteiger partial charge < -0.3 is 5.73 Å². The summed E-state index contributed by atoms with van der Waals surface area (Å²) >= 11 is 0. The summed E-state index contributed by atoms with van der Waals surface area (Å²) in [5.74, 6) is 4.36. The highest BCUT2D eigenvalue weighted by atomic mass is 16.1. The van der Waals surface area contributed by atoms with Crippen LogP contribution in [0.4, 0.5) is 0 Å². The van der Waals surface area contributed by atoms with Crippen LogP contribution in [0.3, 0.4) is 0 Å². The van der Waals surface area contributed by atoms with E-state index in [1.165, 1.54) is 0 Å².